The summed E-state index contributed by atoms with van der Waals surface area (Å²) in [6.07, 6.45) is 0. The number of methoxy groups -OCH3 is 1. The number of aliphatic hydroxyl groups excluding tert-OH is 1. The van der Waals surface area contributed by atoms with Gasteiger partial charge in [0, 0.05) is 17.3 Å². The van der Waals surface area contributed by atoms with Crippen LogP contribution in [0.15, 0.2) is 58.3 Å². The van der Waals surface area contributed by atoms with Crippen molar-refractivity contribution < 1.29 is 22.8 Å². The summed E-state index contributed by atoms with van der Waals surface area (Å²) in [6, 6.07) is 13.9. The van der Waals surface area contributed by atoms with Gasteiger partial charge in [0.2, 0.25) is 0 Å². The molecule has 1 unspecified atom stereocenters. The molecule has 2 N–H and O–H groups in total. The molecule has 1 atom stereocenters. The van der Waals surface area contributed by atoms with Gasteiger partial charge >= 0.3 is 0 Å². The zero-order valence-corrected chi connectivity index (χ0v) is 16.2. The first-order valence-corrected chi connectivity index (χ1v) is 10.1. The fourth-order valence-electron chi connectivity index (χ4n) is 1.73. The lowest BCUT2D eigenvalue weighted by Crippen LogP contribution is -2.03. The number of para-hydroxylation sites is 1. The largest absolute Gasteiger partial charge is 0.496 e. The molecule has 0 saturated heterocycles. The van der Waals surface area contributed by atoms with Crippen LogP contribution in [0.25, 0.3) is 0 Å². The van der Waals surface area contributed by atoms with E-state index in [9.17, 15) is 8.42 Å². The molecule has 0 radical (unpaired) electrons. The predicted octanol–water partition coefficient (Wildman–Crippen LogP) is 3.66. The Hall–Kier alpha value is -1.54. The molecule has 0 amide bonds. The van der Waals surface area contributed by atoms with E-state index in [1.165, 1.54) is 12.1 Å². The molecule has 0 spiro atoms. The quantitative estimate of drug-likeness (QED) is 0.584. The number of benzene rings is 2. The van der Waals surface area contributed by atoms with Crippen LogP contribution in [0.1, 0.15) is 12.5 Å². The highest BCUT2D eigenvalue weighted by atomic mass is 32.2. The van der Waals surface area contributed by atoms with Crippen molar-refractivity contribution >= 4 is 21.9 Å². The lowest BCUT2D eigenvalue weighted by Gasteiger charge is -2.10. The van der Waals surface area contributed by atoms with Crippen LogP contribution in [0.3, 0.4) is 0 Å². The summed E-state index contributed by atoms with van der Waals surface area (Å²) in [5.74, 6) is 2.14. The van der Waals surface area contributed by atoms with Crippen LogP contribution in [0.2, 0.25) is 0 Å². The van der Waals surface area contributed by atoms with Gasteiger partial charge in [-0.2, -0.15) is 8.42 Å². The third kappa shape index (κ3) is 7.92. The van der Waals surface area contributed by atoms with E-state index in [2.05, 4.69) is 0 Å². The Morgan fingerprint density at radius 2 is 1.72 bits per heavy atom. The second-order valence-corrected chi connectivity index (χ2v) is 8.02. The Morgan fingerprint density at radius 3 is 2.24 bits per heavy atom. The first kappa shape index (κ1) is 21.5. The van der Waals surface area contributed by atoms with E-state index >= 15 is 0 Å². The van der Waals surface area contributed by atoms with Gasteiger partial charge in [-0.1, -0.05) is 36.8 Å². The van der Waals surface area contributed by atoms with Crippen LogP contribution >= 0.6 is 11.8 Å². The number of aliphatic hydroxyl groups is 1. The molecule has 0 aliphatic rings. The summed E-state index contributed by atoms with van der Waals surface area (Å²) < 4.78 is 34.8. The lowest BCUT2D eigenvalue weighted by molar-refractivity contribution is 0.250. The molecule has 0 aromatic heterocycles. The van der Waals surface area contributed by atoms with E-state index in [-0.39, 0.29) is 11.5 Å². The molecule has 0 heterocycles. The van der Waals surface area contributed by atoms with E-state index < -0.39 is 10.1 Å². The van der Waals surface area contributed by atoms with Gasteiger partial charge in [0.05, 0.1) is 12.0 Å². The maximum Gasteiger partial charge on any atom is 0.294 e. The van der Waals surface area contributed by atoms with Crippen molar-refractivity contribution in [3.63, 3.8) is 0 Å². The topological polar surface area (TPSA) is 83.8 Å². The minimum atomic E-state index is -4.02. The molecule has 138 valence electrons. The second kappa shape index (κ2) is 10.5. The Kier molecular flexibility index (Phi) is 8.99. The molecule has 0 saturated carbocycles. The molecule has 5 nitrogen and oxygen atoms in total. The Balaban J connectivity index is 0.000000257. The smallest absolute Gasteiger partial charge is 0.294 e. The van der Waals surface area contributed by atoms with Gasteiger partial charge in [-0.25, -0.2) is 0 Å². The molecule has 0 aliphatic heterocycles. The Bertz CT molecular complexity index is 742. The molecular weight excluding hydrogens is 360 g/mol. The summed E-state index contributed by atoms with van der Waals surface area (Å²) in [4.78, 5) is 1.07. The number of hydrogen-bond acceptors (Lipinski definition) is 5. The van der Waals surface area contributed by atoms with Crippen LogP contribution in [0.5, 0.6) is 5.75 Å². The normalized spacial score (nSPS) is 12.0. The summed E-state index contributed by atoms with van der Waals surface area (Å²) in [5, 5.41) is 8.89. The fourth-order valence-corrected chi connectivity index (χ4v) is 3.25. The van der Waals surface area contributed by atoms with E-state index in [1.54, 1.807) is 31.0 Å². The molecule has 2 aromatic carbocycles. The SMILES string of the molecule is COc1ccccc1SCC(C)CO.Cc1ccc(S(=O)(=O)O)cc1. The highest BCUT2D eigenvalue weighted by Crippen LogP contribution is 2.29. The van der Waals surface area contributed by atoms with Crippen molar-refractivity contribution in [3.8, 4) is 5.75 Å². The van der Waals surface area contributed by atoms with Gasteiger partial charge in [0.15, 0.2) is 0 Å². The van der Waals surface area contributed by atoms with Gasteiger partial charge in [0.25, 0.3) is 10.1 Å². The van der Waals surface area contributed by atoms with E-state index in [1.807, 2.05) is 38.1 Å². The monoisotopic (exact) mass is 384 g/mol. The Labute approximate surface area is 153 Å². The van der Waals surface area contributed by atoms with E-state index in [4.69, 9.17) is 14.4 Å². The van der Waals surface area contributed by atoms with Crippen LogP contribution in [0, 0.1) is 12.8 Å². The number of hydrogen-bond donors (Lipinski definition) is 2. The van der Waals surface area contributed by atoms with Crippen molar-refractivity contribution in [1.82, 2.24) is 0 Å². The van der Waals surface area contributed by atoms with Crippen LogP contribution in [-0.4, -0.2) is 37.5 Å². The van der Waals surface area contributed by atoms with Crippen LogP contribution < -0.4 is 4.74 Å². The summed E-state index contributed by atoms with van der Waals surface area (Å²) in [5.41, 5.74) is 0.956. The van der Waals surface area contributed by atoms with Crippen molar-refractivity contribution in [1.29, 1.82) is 0 Å². The number of thioether (sulfide) groups is 1. The van der Waals surface area contributed by atoms with Crippen LogP contribution in [-0.2, 0) is 10.1 Å². The highest BCUT2D eigenvalue weighted by Gasteiger charge is 2.07. The van der Waals surface area contributed by atoms with Crippen molar-refractivity contribution in [2.75, 3.05) is 19.5 Å². The number of ether oxygens (including phenoxy) is 1. The van der Waals surface area contributed by atoms with Crippen molar-refractivity contribution in [2.24, 2.45) is 5.92 Å². The van der Waals surface area contributed by atoms with Crippen LogP contribution in [0.4, 0.5) is 0 Å². The minimum absolute atomic E-state index is 0.0666. The van der Waals surface area contributed by atoms with Gasteiger partial charge in [0.1, 0.15) is 5.75 Å². The first-order valence-electron chi connectivity index (χ1n) is 7.68. The highest BCUT2D eigenvalue weighted by molar-refractivity contribution is 7.99. The molecule has 2 aromatic rings. The van der Waals surface area contributed by atoms with Gasteiger partial charge < -0.3 is 9.84 Å². The van der Waals surface area contributed by atoms with Gasteiger partial charge in [-0.3, -0.25) is 4.55 Å². The predicted molar refractivity (Wildman–Crippen MR) is 101 cm³/mol. The third-order valence-corrected chi connectivity index (χ3v) is 5.47. The first-order chi connectivity index (χ1) is 11.8. The molecule has 2 rings (SSSR count). The Morgan fingerprint density at radius 1 is 1.12 bits per heavy atom. The van der Waals surface area contributed by atoms with Crippen molar-refractivity contribution in [3.05, 3.63) is 54.1 Å². The summed E-state index contributed by atoms with van der Waals surface area (Å²) in [6.45, 7) is 4.11. The minimum Gasteiger partial charge on any atom is -0.496 e. The van der Waals surface area contributed by atoms with Gasteiger partial charge in [-0.05, 0) is 37.1 Å². The van der Waals surface area contributed by atoms with Crippen molar-refractivity contribution in [2.45, 2.75) is 23.6 Å². The molecule has 25 heavy (non-hydrogen) atoms. The maximum atomic E-state index is 10.5. The molecule has 0 bridgehead atoms. The average molecular weight is 385 g/mol. The zero-order chi connectivity index (χ0) is 18.9. The third-order valence-electron chi connectivity index (χ3n) is 3.22. The lowest BCUT2D eigenvalue weighted by atomic mass is 10.2. The standard InChI is InChI=1S/C11H16O2S.C7H8O3S/c1-9(7-12)8-14-11-6-4-3-5-10(11)13-2;1-6-2-4-7(5-3-6)11(8,9)10/h3-6,9,12H,7-8H2,1-2H3;2-5H,1H3,(H,8,9,10). The average Bonchev–Trinajstić information content (AvgIpc) is 2.60. The summed E-state index contributed by atoms with van der Waals surface area (Å²) >= 11 is 1.72. The number of rotatable bonds is 6. The number of aryl methyl sites for hydroxylation is 1. The van der Waals surface area contributed by atoms with E-state index in [0.29, 0.717) is 5.92 Å². The summed E-state index contributed by atoms with van der Waals surface area (Å²) in [7, 11) is -2.34. The van der Waals surface area contributed by atoms with E-state index in [0.717, 1.165) is 22.0 Å². The molecule has 0 aliphatic carbocycles. The van der Waals surface area contributed by atoms with Gasteiger partial charge in [-0.15, -0.1) is 11.8 Å². The zero-order valence-electron chi connectivity index (χ0n) is 14.5. The second-order valence-electron chi connectivity index (χ2n) is 5.54. The molecule has 7 heteroatoms. The fraction of sp³-hybridized carbons (Fsp3) is 0.333. The maximum absolute atomic E-state index is 10.5. The molecule has 0 fully saturated rings. The molecular formula is C18H24O5S2.